The van der Waals surface area contributed by atoms with Gasteiger partial charge in [-0.1, -0.05) is 35.7 Å². The third kappa shape index (κ3) is 2.04. The molecule has 0 saturated heterocycles. The second kappa shape index (κ2) is 4.47. The number of rotatable bonds is 0. The monoisotopic (exact) mass is 254 g/mol. The molecule has 0 spiro atoms. The Kier molecular flexibility index (Phi) is 2.67. The minimum absolute atomic E-state index is 0.329. The zero-order valence-electron chi connectivity index (χ0n) is 9.18. The van der Waals surface area contributed by atoms with E-state index in [-0.39, 0.29) is 0 Å². The van der Waals surface area contributed by atoms with Gasteiger partial charge in [-0.05, 0) is 18.1 Å². The number of hydrogen-bond acceptors (Lipinski definition) is 3. The largest absolute Gasteiger partial charge is 0.341 e. The van der Waals surface area contributed by atoms with Crippen LogP contribution in [0.1, 0.15) is 11.4 Å². The fraction of sp³-hybridized carbons (Fsp3) is 0. The summed E-state index contributed by atoms with van der Waals surface area (Å²) in [6.45, 7) is 0. The Morgan fingerprint density at radius 1 is 1.06 bits per heavy atom. The van der Waals surface area contributed by atoms with Gasteiger partial charge in [0.15, 0.2) is 10.8 Å². The number of imidazole rings is 1. The fourth-order valence-corrected chi connectivity index (χ4v) is 1.72. The number of nitrogens with one attached hydrogen (secondary N) is 1. The molecule has 0 saturated carbocycles. The maximum absolute atomic E-state index is 6.00. The molecule has 0 fully saturated rings. The van der Waals surface area contributed by atoms with Crippen molar-refractivity contribution in [3.8, 4) is 11.8 Å². The van der Waals surface area contributed by atoms with Crippen LogP contribution in [0.5, 0.6) is 0 Å². The number of H-pyrrole nitrogens is 1. The lowest BCUT2D eigenvalue weighted by atomic mass is 10.2. The number of fused-ring (bicyclic) bond motifs is 1. The van der Waals surface area contributed by atoms with Crippen molar-refractivity contribution in [2.75, 3.05) is 0 Å². The Labute approximate surface area is 108 Å². The van der Waals surface area contributed by atoms with E-state index < -0.39 is 0 Å². The summed E-state index contributed by atoms with van der Waals surface area (Å²) in [5.41, 5.74) is 2.05. The molecule has 5 heteroatoms. The zero-order valence-corrected chi connectivity index (χ0v) is 9.94. The Bertz CT molecular complexity index is 753. The van der Waals surface area contributed by atoms with Crippen LogP contribution in [0.15, 0.2) is 36.7 Å². The minimum atomic E-state index is 0.329. The first-order valence-corrected chi connectivity index (χ1v) is 5.64. The second-order valence-corrected chi connectivity index (χ2v) is 3.91. The van der Waals surface area contributed by atoms with Crippen LogP contribution in [0, 0.1) is 11.8 Å². The standard InChI is InChI=1S/C13H7ClN4/c14-12-11-13(16-8-15-11)18-10(17-12)7-6-9-4-2-1-3-5-9/h1-5,8H,(H,15,16,17,18). The van der Waals surface area contributed by atoms with Gasteiger partial charge in [-0.25, -0.2) is 9.97 Å². The number of nitrogens with zero attached hydrogens (tertiary/aromatic N) is 3. The summed E-state index contributed by atoms with van der Waals surface area (Å²) in [5.74, 6) is 6.21. The van der Waals surface area contributed by atoms with E-state index >= 15 is 0 Å². The smallest absolute Gasteiger partial charge is 0.208 e. The van der Waals surface area contributed by atoms with Gasteiger partial charge < -0.3 is 4.98 Å². The molecule has 3 aromatic rings. The molecule has 1 N–H and O–H groups in total. The van der Waals surface area contributed by atoms with Gasteiger partial charge in [-0.2, -0.15) is 4.98 Å². The zero-order chi connectivity index (χ0) is 12.4. The first kappa shape index (κ1) is 10.8. The van der Waals surface area contributed by atoms with Gasteiger partial charge in [-0.15, -0.1) is 0 Å². The lowest BCUT2D eigenvalue weighted by molar-refractivity contribution is 1.16. The van der Waals surface area contributed by atoms with E-state index in [1.807, 2.05) is 30.3 Å². The van der Waals surface area contributed by atoms with E-state index in [9.17, 15) is 0 Å². The average Bonchev–Trinajstić information content (AvgIpc) is 2.86. The maximum Gasteiger partial charge on any atom is 0.208 e. The van der Waals surface area contributed by atoms with Gasteiger partial charge in [0.2, 0.25) is 5.82 Å². The fourth-order valence-electron chi connectivity index (χ4n) is 1.50. The van der Waals surface area contributed by atoms with Crippen molar-refractivity contribution in [2.45, 2.75) is 0 Å². The second-order valence-electron chi connectivity index (χ2n) is 3.56. The van der Waals surface area contributed by atoms with Crippen molar-refractivity contribution < 1.29 is 0 Å². The number of benzene rings is 1. The molecule has 0 atom stereocenters. The Morgan fingerprint density at radius 2 is 1.89 bits per heavy atom. The van der Waals surface area contributed by atoms with Crippen LogP contribution in [0.2, 0.25) is 5.15 Å². The highest BCUT2D eigenvalue weighted by Crippen LogP contribution is 2.15. The van der Waals surface area contributed by atoms with Crippen molar-refractivity contribution in [2.24, 2.45) is 0 Å². The molecular formula is C13H7ClN4. The van der Waals surface area contributed by atoms with Crippen molar-refractivity contribution in [3.63, 3.8) is 0 Å². The van der Waals surface area contributed by atoms with Crippen molar-refractivity contribution >= 4 is 22.8 Å². The SMILES string of the molecule is Clc1nc(C#Cc2ccccc2)nc2nc[nH]c12. The summed E-state index contributed by atoms with van der Waals surface area (Å²) < 4.78 is 0. The molecule has 0 unspecified atom stereocenters. The Morgan fingerprint density at radius 3 is 2.72 bits per heavy atom. The van der Waals surface area contributed by atoms with E-state index in [0.29, 0.717) is 22.1 Å². The average molecular weight is 255 g/mol. The third-order valence-corrected chi connectivity index (χ3v) is 2.61. The molecule has 2 heterocycles. The molecule has 0 radical (unpaired) electrons. The highest BCUT2D eigenvalue weighted by atomic mass is 35.5. The third-order valence-electron chi connectivity index (χ3n) is 2.33. The molecule has 86 valence electrons. The molecule has 1 aromatic carbocycles. The highest BCUT2D eigenvalue weighted by molar-refractivity contribution is 6.33. The van der Waals surface area contributed by atoms with Gasteiger partial charge in [-0.3, -0.25) is 0 Å². The predicted molar refractivity (Wildman–Crippen MR) is 69.1 cm³/mol. The van der Waals surface area contributed by atoms with Crippen LogP contribution in [0.3, 0.4) is 0 Å². The maximum atomic E-state index is 6.00. The molecule has 0 aliphatic heterocycles. The Hall–Kier alpha value is -2.38. The van der Waals surface area contributed by atoms with Gasteiger partial charge >= 0.3 is 0 Å². The lowest BCUT2D eigenvalue weighted by Gasteiger charge is -1.93. The molecule has 0 bridgehead atoms. The van der Waals surface area contributed by atoms with Crippen LogP contribution in [0.4, 0.5) is 0 Å². The first-order chi connectivity index (χ1) is 8.83. The highest BCUT2D eigenvalue weighted by Gasteiger charge is 2.05. The van der Waals surface area contributed by atoms with Crippen molar-refractivity contribution in [1.82, 2.24) is 19.9 Å². The summed E-state index contributed by atoms with van der Waals surface area (Å²) >= 11 is 6.00. The number of aromatic nitrogens is 4. The van der Waals surface area contributed by atoms with Crippen LogP contribution < -0.4 is 0 Å². The first-order valence-electron chi connectivity index (χ1n) is 5.26. The van der Waals surface area contributed by atoms with E-state index in [4.69, 9.17) is 11.6 Å². The normalized spacial score (nSPS) is 10.1. The predicted octanol–water partition coefficient (Wildman–Crippen LogP) is 2.41. The molecule has 2 aromatic heterocycles. The van der Waals surface area contributed by atoms with E-state index in [1.165, 1.54) is 6.33 Å². The quantitative estimate of drug-likeness (QED) is 0.495. The number of hydrogen-bond donors (Lipinski definition) is 1. The Balaban J connectivity index is 2.03. The number of aromatic amines is 1. The summed E-state index contributed by atoms with van der Waals surface area (Å²) in [6, 6.07) is 9.63. The molecule has 0 aliphatic carbocycles. The molecular weight excluding hydrogens is 248 g/mol. The van der Waals surface area contributed by atoms with Gasteiger partial charge in [0.25, 0.3) is 0 Å². The van der Waals surface area contributed by atoms with Crippen molar-refractivity contribution in [1.29, 1.82) is 0 Å². The van der Waals surface area contributed by atoms with Crippen LogP contribution in [-0.2, 0) is 0 Å². The summed E-state index contributed by atoms with van der Waals surface area (Å²) in [4.78, 5) is 15.2. The topological polar surface area (TPSA) is 54.5 Å². The summed E-state index contributed by atoms with van der Waals surface area (Å²) in [7, 11) is 0. The summed E-state index contributed by atoms with van der Waals surface area (Å²) in [6.07, 6.45) is 1.53. The van der Waals surface area contributed by atoms with Gasteiger partial charge in [0.1, 0.15) is 5.52 Å². The molecule has 3 rings (SSSR count). The van der Waals surface area contributed by atoms with E-state index in [1.54, 1.807) is 0 Å². The van der Waals surface area contributed by atoms with Crippen LogP contribution in [0.25, 0.3) is 11.2 Å². The van der Waals surface area contributed by atoms with Crippen molar-refractivity contribution in [3.05, 3.63) is 53.2 Å². The van der Waals surface area contributed by atoms with E-state index in [2.05, 4.69) is 31.8 Å². The number of halogens is 1. The molecule has 0 aliphatic rings. The molecule has 18 heavy (non-hydrogen) atoms. The van der Waals surface area contributed by atoms with Gasteiger partial charge in [0, 0.05) is 5.56 Å². The van der Waals surface area contributed by atoms with E-state index in [0.717, 1.165) is 5.56 Å². The van der Waals surface area contributed by atoms with Crippen LogP contribution in [-0.4, -0.2) is 19.9 Å². The molecule has 0 amide bonds. The van der Waals surface area contributed by atoms with Crippen LogP contribution >= 0.6 is 11.6 Å². The molecule has 4 nitrogen and oxygen atoms in total. The lowest BCUT2D eigenvalue weighted by Crippen LogP contribution is -1.91. The van der Waals surface area contributed by atoms with Gasteiger partial charge in [0.05, 0.1) is 6.33 Å². The minimum Gasteiger partial charge on any atom is -0.341 e. The summed E-state index contributed by atoms with van der Waals surface area (Å²) in [5, 5.41) is 0.329.